The summed E-state index contributed by atoms with van der Waals surface area (Å²) in [5, 5.41) is 11.9. The van der Waals surface area contributed by atoms with Gasteiger partial charge in [0, 0.05) is 17.0 Å². The molecule has 0 bridgehead atoms. The molecule has 1 aromatic carbocycles. The number of thioether (sulfide) groups is 1. The summed E-state index contributed by atoms with van der Waals surface area (Å²) in [4.78, 5) is 1.15. The van der Waals surface area contributed by atoms with Crippen LogP contribution in [0.2, 0.25) is 0 Å². The fraction of sp³-hybridized carbons (Fsp3) is 0.462. The second-order valence-electron chi connectivity index (χ2n) is 4.69. The highest BCUT2D eigenvalue weighted by molar-refractivity contribution is 7.99. The Labute approximate surface area is 102 Å². The average Bonchev–Trinajstić information content (AvgIpc) is 2.24. The topological polar surface area (TPSA) is 35.8 Å². The normalized spacial score (nSPS) is 11.1. The van der Waals surface area contributed by atoms with E-state index in [1.807, 2.05) is 0 Å². The summed E-state index contributed by atoms with van der Waals surface area (Å²) >= 11 is 1.57. The van der Waals surface area contributed by atoms with Gasteiger partial charge in [-0.2, -0.15) is 5.26 Å². The fourth-order valence-electron chi connectivity index (χ4n) is 1.19. The standard InChI is InChI=1S/C13H18N2S/c1-13(2,3)15-10-11-4-6-12(7-5-11)16-9-8-14/h4-7,15H,9-10H2,1-3H3. The molecular formula is C13H18N2S. The molecule has 0 atom stereocenters. The van der Waals surface area contributed by atoms with Crippen LogP contribution in [0.15, 0.2) is 29.2 Å². The highest BCUT2D eigenvalue weighted by Gasteiger charge is 2.07. The summed E-state index contributed by atoms with van der Waals surface area (Å²) < 4.78 is 0. The fourth-order valence-corrected chi connectivity index (χ4v) is 1.75. The van der Waals surface area contributed by atoms with Gasteiger partial charge in [-0.25, -0.2) is 0 Å². The van der Waals surface area contributed by atoms with Crippen LogP contribution in [0.4, 0.5) is 0 Å². The van der Waals surface area contributed by atoms with Crippen molar-refractivity contribution in [2.24, 2.45) is 0 Å². The van der Waals surface area contributed by atoms with Gasteiger partial charge in [0.2, 0.25) is 0 Å². The molecule has 0 unspecified atom stereocenters. The van der Waals surface area contributed by atoms with Crippen LogP contribution in [0.5, 0.6) is 0 Å². The lowest BCUT2D eigenvalue weighted by Gasteiger charge is -2.20. The first-order valence-corrected chi connectivity index (χ1v) is 6.33. The summed E-state index contributed by atoms with van der Waals surface area (Å²) in [6.45, 7) is 7.35. The van der Waals surface area contributed by atoms with Gasteiger partial charge in [0.05, 0.1) is 11.8 Å². The van der Waals surface area contributed by atoms with Gasteiger partial charge in [-0.15, -0.1) is 11.8 Å². The Hall–Kier alpha value is -0.980. The smallest absolute Gasteiger partial charge is 0.0855 e. The van der Waals surface area contributed by atoms with Gasteiger partial charge < -0.3 is 5.32 Å². The third-order valence-corrected chi connectivity index (χ3v) is 2.93. The lowest BCUT2D eigenvalue weighted by Crippen LogP contribution is -2.35. The Kier molecular flexibility index (Phi) is 4.85. The zero-order chi connectivity index (χ0) is 12.0. The molecule has 0 aliphatic carbocycles. The van der Waals surface area contributed by atoms with Crippen molar-refractivity contribution in [1.29, 1.82) is 5.26 Å². The summed E-state index contributed by atoms with van der Waals surface area (Å²) in [5.41, 5.74) is 1.42. The maximum atomic E-state index is 8.48. The van der Waals surface area contributed by atoms with Crippen LogP contribution in [0.25, 0.3) is 0 Å². The lowest BCUT2D eigenvalue weighted by atomic mass is 10.1. The Bertz CT molecular complexity index is 357. The van der Waals surface area contributed by atoms with Crippen molar-refractivity contribution >= 4 is 11.8 Å². The minimum Gasteiger partial charge on any atom is -0.308 e. The summed E-state index contributed by atoms with van der Waals surface area (Å²) in [6.07, 6.45) is 0. The number of rotatable bonds is 4. The van der Waals surface area contributed by atoms with Crippen LogP contribution in [0, 0.1) is 11.3 Å². The molecule has 0 heterocycles. The van der Waals surface area contributed by atoms with Crippen molar-refractivity contribution in [3.8, 4) is 6.07 Å². The zero-order valence-electron chi connectivity index (χ0n) is 10.1. The Morgan fingerprint density at radius 1 is 1.25 bits per heavy atom. The van der Waals surface area contributed by atoms with Crippen LogP contribution in [0.1, 0.15) is 26.3 Å². The molecule has 1 N–H and O–H groups in total. The van der Waals surface area contributed by atoms with Gasteiger partial charge in [0.15, 0.2) is 0 Å². The molecule has 0 amide bonds. The largest absolute Gasteiger partial charge is 0.308 e. The monoisotopic (exact) mass is 234 g/mol. The molecule has 0 saturated carbocycles. The highest BCUT2D eigenvalue weighted by Crippen LogP contribution is 2.17. The maximum Gasteiger partial charge on any atom is 0.0855 e. The van der Waals surface area contributed by atoms with Crippen molar-refractivity contribution in [2.75, 3.05) is 5.75 Å². The van der Waals surface area contributed by atoms with Gasteiger partial charge in [0.25, 0.3) is 0 Å². The number of hydrogen-bond donors (Lipinski definition) is 1. The Morgan fingerprint density at radius 2 is 1.88 bits per heavy atom. The summed E-state index contributed by atoms with van der Waals surface area (Å²) in [7, 11) is 0. The predicted molar refractivity (Wildman–Crippen MR) is 69.4 cm³/mol. The molecule has 1 aromatic rings. The van der Waals surface area contributed by atoms with Crippen molar-refractivity contribution in [3.05, 3.63) is 29.8 Å². The van der Waals surface area contributed by atoms with Crippen LogP contribution < -0.4 is 5.32 Å². The number of hydrogen-bond acceptors (Lipinski definition) is 3. The molecule has 3 heteroatoms. The third-order valence-electron chi connectivity index (χ3n) is 2.05. The van der Waals surface area contributed by atoms with E-state index in [0.29, 0.717) is 5.75 Å². The quantitative estimate of drug-likeness (QED) is 0.813. The van der Waals surface area contributed by atoms with E-state index in [4.69, 9.17) is 5.26 Å². The molecule has 1 rings (SSSR count). The van der Waals surface area contributed by atoms with Crippen molar-refractivity contribution in [2.45, 2.75) is 37.8 Å². The lowest BCUT2D eigenvalue weighted by molar-refractivity contribution is 0.424. The first-order chi connectivity index (χ1) is 7.51. The van der Waals surface area contributed by atoms with Gasteiger partial charge in [0.1, 0.15) is 0 Å². The summed E-state index contributed by atoms with van der Waals surface area (Å²) in [5.74, 6) is 0.513. The van der Waals surface area contributed by atoms with Gasteiger partial charge in [-0.3, -0.25) is 0 Å². The Balaban J connectivity index is 2.49. The van der Waals surface area contributed by atoms with Crippen molar-refractivity contribution in [1.82, 2.24) is 5.32 Å². The van der Waals surface area contributed by atoms with E-state index in [9.17, 15) is 0 Å². The van der Waals surface area contributed by atoms with E-state index in [2.05, 4.69) is 56.4 Å². The van der Waals surface area contributed by atoms with E-state index < -0.39 is 0 Å². The van der Waals surface area contributed by atoms with E-state index in [0.717, 1.165) is 11.4 Å². The predicted octanol–water partition coefficient (Wildman–Crippen LogP) is 3.19. The molecular weight excluding hydrogens is 216 g/mol. The van der Waals surface area contributed by atoms with Crippen LogP contribution in [0.3, 0.4) is 0 Å². The molecule has 0 saturated heterocycles. The average molecular weight is 234 g/mol. The first-order valence-electron chi connectivity index (χ1n) is 5.35. The molecule has 0 aromatic heterocycles. The van der Waals surface area contributed by atoms with Gasteiger partial charge in [-0.05, 0) is 38.5 Å². The number of nitriles is 1. The second kappa shape index (κ2) is 5.93. The Morgan fingerprint density at radius 3 is 2.38 bits per heavy atom. The molecule has 0 radical (unpaired) electrons. The maximum absolute atomic E-state index is 8.48. The van der Waals surface area contributed by atoms with Gasteiger partial charge >= 0.3 is 0 Å². The molecule has 0 fully saturated rings. The van der Waals surface area contributed by atoms with Crippen molar-refractivity contribution in [3.63, 3.8) is 0 Å². The minimum atomic E-state index is 0.147. The number of nitrogens with one attached hydrogen (secondary N) is 1. The first kappa shape index (κ1) is 13.1. The van der Waals surface area contributed by atoms with E-state index in [1.165, 1.54) is 5.56 Å². The van der Waals surface area contributed by atoms with E-state index >= 15 is 0 Å². The third kappa shape index (κ3) is 5.20. The molecule has 2 nitrogen and oxygen atoms in total. The number of benzene rings is 1. The van der Waals surface area contributed by atoms with Gasteiger partial charge in [-0.1, -0.05) is 12.1 Å². The van der Waals surface area contributed by atoms with E-state index in [-0.39, 0.29) is 5.54 Å². The van der Waals surface area contributed by atoms with E-state index in [1.54, 1.807) is 11.8 Å². The molecule has 16 heavy (non-hydrogen) atoms. The van der Waals surface area contributed by atoms with Crippen LogP contribution in [-0.2, 0) is 6.54 Å². The summed E-state index contributed by atoms with van der Waals surface area (Å²) in [6, 6.07) is 10.5. The highest BCUT2D eigenvalue weighted by atomic mass is 32.2. The zero-order valence-corrected chi connectivity index (χ0v) is 10.9. The molecule has 0 spiro atoms. The SMILES string of the molecule is CC(C)(C)NCc1ccc(SCC#N)cc1. The molecule has 86 valence electrons. The molecule has 0 aliphatic rings. The molecule has 0 aliphatic heterocycles. The number of nitrogens with zero attached hydrogens (tertiary/aromatic N) is 1. The second-order valence-corrected chi connectivity index (χ2v) is 5.74. The van der Waals surface area contributed by atoms with Crippen molar-refractivity contribution < 1.29 is 0 Å². The van der Waals surface area contributed by atoms with Crippen LogP contribution >= 0.6 is 11.8 Å². The minimum absolute atomic E-state index is 0.147. The van der Waals surface area contributed by atoms with Crippen LogP contribution in [-0.4, -0.2) is 11.3 Å².